The molecule has 2 atom stereocenters. The fraction of sp³-hybridized carbons (Fsp3) is 0.188. The number of nitriles is 1. The summed E-state index contributed by atoms with van der Waals surface area (Å²) in [4.78, 5) is 24.1. The number of rotatable bonds is 5. The number of hydrogen-bond acceptors (Lipinski definition) is 4. The molecule has 1 aliphatic rings. The molecular formula is C16H15N3O2S. The molecule has 0 fully saturated rings. The van der Waals surface area contributed by atoms with E-state index in [0.717, 1.165) is 5.56 Å². The molecule has 5 nitrogen and oxygen atoms in total. The Bertz CT molecular complexity index is 676. The van der Waals surface area contributed by atoms with Gasteiger partial charge in [-0.3, -0.25) is 9.59 Å². The highest BCUT2D eigenvalue weighted by molar-refractivity contribution is 8.03. The van der Waals surface area contributed by atoms with Crippen molar-refractivity contribution in [1.29, 1.82) is 5.26 Å². The molecular weight excluding hydrogens is 298 g/mol. The molecule has 1 heterocycles. The van der Waals surface area contributed by atoms with Gasteiger partial charge in [-0.25, -0.2) is 0 Å². The lowest BCUT2D eigenvalue weighted by Crippen LogP contribution is -2.42. The Kier molecular flexibility index (Phi) is 5.02. The van der Waals surface area contributed by atoms with Crippen LogP contribution in [0.4, 0.5) is 0 Å². The van der Waals surface area contributed by atoms with Gasteiger partial charge in [-0.05, 0) is 5.56 Å². The number of amides is 2. The van der Waals surface area contributed by atoms with Crippen LogP contribution in [0.5, 0.6) is 0 Å². The zero-order chi connectivity index (χ0) is 16.1. The minimum Gasteiger partial charge on any atom is -0.366 e. The van der Waals surface area contributed by atoms with Crippen molar-refractivity contribution in [2.24, 2.45) is 11.7 Å². The van der Waals surface area contributed by atoms with Crippen LogP contribution in [0.3, 0.4) is 0 Å². The van der Waals surface area contributed by atoms with Gasteiger partial charge in [0.15, 0.2) is 0 Å². The highest BCUT2D eigenvalue weighted by Gasteiger charge is 2.41. The van der Waals surface area contributed by atoms with E-state index in [2.05, 4.69) is 11.9 Å². The summed E-state index contributed by atoms with van der Waals surface area (Å²) < 4.78 is 0. The van der Waals surface area contributed by atoms with E-state index in [9.17, 15) is 14.9 Å². The maximum Gasteiger partial charge on any atom is 0.247 e. The molecule has 1 aromatic carbocycles. The molecule has 1 aliphatic heterocycles. The molecule has 2 rings (SSSR count). The van der Waals surface area contributed by atoms with Crippen LogP contribution in [0.2, 0.25) is 0 Å². The molecule has 0 radical (unpaired) electrons. The SMILES string of the molecule is C=CCSC1=C(C(N)=O)[C@H](c2ccccc2)[C@H](C#N)C(=O)N1. The molecule has 112 valence electrons. The van der Waals surface area contributed by atoms with E-state index in [1.807, 2.05) is 12.1 Å². The standard InChI is InChI=1S/C16H15N3O2S/c1-2-8-22-16-13(14(18)20)12(10-6-4-3-5-7-10)11(9-17)15(21)19-16/h2-7,11-12H,1,8H2,(H2,18,20)(H,19,21)/t11-,12+/m0/s1. The Balaban J connectivity index is 2.60. The first-order valence-corrected chi connectivity index (χ1v) is 7.61. The topological polar surface area (TPSA) is 96.0 Å². The van der Waals surface area contributed by atoms with E-state index in [0.29, 0.717) is 10.8 Å². The van der Waals surface area contributed by atoms with Crippen LogP contribution in [0.25, 0.3) is 0 Å². The monoisotopic (exact) mass is 313 g/mol. The number of nitrogens with one attached hydrogen (secondary N) is 1. The number of primary amides is 1. The molecule has 0 saturated carbocycles. The summed E-state index contributed by atoms with van der Waals surface area (Å²) in [5, 5.41) is 12.4. The molecule has 6 heteroatoms. The average Bonchev–Trinajstić information content (AvgIpc) is 2.52. The van der Waals surface area contributed by atoms with E-state index in [1.54, 1.807) is 30.3 Å². The zero-order valence-electron chi connectivity index (χ0n) is 11.8. The number of benzene rings is 1. The van der Waals surface area contributed by atoms with Gasteiger partial charge in [0.25, 0.3) is 0 Å². The molecule has 2 amide bonds. The van der Waals surface area contributed by atoms with Crippen LogP contribution in [0.15, 0.2) is 53.6 Å². The van der Waals surface area contributed by atoms with E-state index in [4.69, 9.17) is 5.73 Å². The first kappa shape index (κ1) is 15.9. The summed E-state index contributed by atoms with van der Waals surface area (Å²) in [5.74, 6) is -2.19. The molecule has 1 aromatic rings. The normalized spacial score (nSPS) is 21.0. The second-order valence-corrected chi connectivity index (χ2v) is 5.72. The molecule has 0 saturated heterocycles. The first-order chi connectivity index (χ1) is 10.6. The van der Waals surface area contributed by atoms with E-state index in [-0.39, 0.29) is 5.57 Å². The number of thioether (sulfide) groups is 1. The number of carbonyl (C=O) groups excluding carboxylic acids is 2. The van der Waals surface area contributed by atoms with Crippen molar-refractivity contribution in [1.82, 2.24) is 5.32 Å². The lowest BCUT2D eigenvalue weighted by Gasteiger charge is -2.30. The van der Waals surface area contributed by atoms with Crippen LogP contribution >= 0.6 is 11.8 Å². The van der Waals surface area contributed by atoms with Gasteiger partial charge in [0.2, 0.25) is 11.8 Å². The largest absolute Gasteiger partial charge is 0.366 e. The molecule has 22 heavy (non-hydrogen) atoms. The second-order valence-electron chi connectivity index (χ2n) is 4.69. The third-order valence-electron chi connectivity index (χ3n) is 3.32. The van der Waals surface area contributed by atoms with Gasteiger partial charge in [-0.15, -0.1) is 18.3 Å². The number of hydrogen-bond donors (Lipinski definition) is 2. The highest BCUT2D eigenvalue weighted by atomic mass is 32.2. The Morgan fingerprint density at radius 3 is 2.68 bits per heavy atom. The van der Waals surface area contributed by atoms with Crippen molar-refractivity contribution in [3.63, 3.8) is 0 Å². The average molecular weight is 313 g/mol. The summed E-state index contributed by atoms with van der Waals surface area (Å²) >= 11 is 1.27. The minimum absolute atomic E-state index is 0.268. The number of nitrogens with two attached hydrogens (primary N) is 1. The fourth-order valence-corrected chi connectivity index (χ4v) is 3.23. The molecule has 0 aromatic heterocycles. The van der Waals surface area contributed by atoms with Crippen LogP contribution in [-0.2, 0) is 9.59 Å². The fourth-order valence-electron chi connectivity index (χ4n) is 2.39. The summed E-state index contributed by atoms with van der Waals surface area (Å²) in [7, 11) is 0. The van der Waals surface area contributed by atoms with E-state index in [1.165, 1.54) is 11.8 Å². The van der Waals surface area contributed by atoms with Gasteiger partial charge in [-0.1, -0.05) is 36.4 Å². The van der Waals surface area contributed by atoms with E-state index < -0.39 is 23.7 Å². The number of carbonyl (C=O) groups is 2. The third kappa shape index (κ3) is 3.05. The van der Waals surface area contributed by atoms with Crippen LogP contribution in [-0.4, -0.2) is 17.6 Å². The van der Waals surface area contributed by atoms with Crippen molar-refractivity contribution in [3.05, 3.63) is 59.2 Å². The van der Waals surface area contributed by atoms with Crippen molar-refractivity contribution in [2.45, 2.75) is 5.92 Å². The predicted molar refractivity (Wildman–Crippen MR) is 85.3 cm³/mol. The van der Waals surface area contributed by atoms with Gasteiger partial charge in [0, 0.05) is 11.7 Å². The molecule has 0 aliphatic carbocycles. The Morgan fingerprint density at radius 1 is 1.45 bits per heavy atom. The Labute approximate surface area is 132 Å². The maximum absolute atomic E-state index is 12.2. The van der Waals surface area contributed by atoms with Crippen molar-refractivity contribution < 1.29 is 9.59 Å². The van der Waals surface area contributed by atoms with E-state index >= 15 is 0 Å². The summed E-state index contributed by atoms with van der Waals surface area (Å²) in [5.41, 5.74) is 6.51. The van der Waals surface area contributed by atoms with Crippen molar-refractivity contribution in [2.75, 3.05) is 5.75 Å². The smallest absolute Gasteiger partial charge is 0.247 e. The van der Waals surface area contributed by atoms with Gasteiger partial charge in [0.05, 0.1) is 16.7 Å². The summed E-state index contributed by atoms with van der Waals surface area (Å²) in [6.45, 7) is 3.62. The van der Waals surface area contributed by atoms with Crippen LogP contribution < -0.4 is 11.1 Å². The van der Waals surface area contributed by atoms with Gasteiger partial charge < -0.3 is 11.1 Å². The molecule has 0 spiro atoms. The summed E-state index contributed by atoms with van der Waals surface area (Å²) in [6.07, 6.45) is 1.66. The second kappa shape index (κ2) is 6.96. The highest BCUT2D eigenvalue weighted by Crippen LogP contribution is 2.39. The molecule has 0 unspecified atom stereocenters. The van der Waals surface area contributed by atoms with Gasteiger partial charge in [-0.2, -0.15) is 5.26 Å². The van der Waals surface area contributed by atoms with Gasteiger partial charge >= 0.3 is 0 Å². The van der Waals surface area contributed by atoms with Crippen LogP contribution in [0, 0.1) is 17.2 Å². The maximum atomic E-state index is 12.2. The number of nitrogens with zero attached hydrogens (tertiary/aromatic N) is 1. The minimum atomic E-state index is -0.988. The lowest BCUT2D eigenvalue weighted by molar-refractivity contribution is -0.123. The Hall–Kier alpha value is -2.52. The van der Waals surface area contributed by atoms with Crippen molar-refractivity contribution in [3.8, 4) is 6.07 Å². The third-order valence-corrected chi connectivity index (χ3v) is 4.33. The van der Waals surface area contributed by atoms with Crippen molar-refractivity contribution >= 4 is 23.6 Å². The quantitative estimate of drug-likeness (QED) is 0.808. The Morgan fingerprint density at radius 2 is 2.14 bits per heavy atom. The first-order valence-electron chi connectivity index (χ1n) is 6.63. The molecule has 0 bridgehead atoms. The van der Waals surface area contributed by atoms with Gasteiger partial charge in [0.1, 0.15) is 5.92 Å². The molecule has 3 N–H and O–H groups in total. The predicted octanol–water partition coefficient (Wildman–Crippen LogP) is 1.66. The summed E-state index contributed by atoms with van der Waals surface area (Å²) in [6, 6.07) is 11.0. The van der Waals surface area contributed by atoms with Crippen LogP contribution in [0.1, 0.15) is 11.5 Å². The zero-order valence-corrected chi connectivity index (χ0v) is 12.6. The lowest BCUT2D eigenvalue weighted by atomic mass is 9.78.